The van der Waals surface area contributed by atoms with E-state index in [2.05, 4.69) is 46.7 Å². The van der Waals surface area contributed by atoms with Crippen LogP contribution in [-0.4, -0.2) is 37.0 Å². The molecule has 2 atom stereocenters. The quantitative estimate of drug-likeness (QED) is 0.812. The number of nitrogens with one attached hydrogen (secondary N) is 2. The van der Waals surface area contributed by atoms with Crippen LogP contribution in [0.2, 0.25) is 0 Å². The van der Waals surface area contributed by atoms with E-state index in [1.165, 1.54) is 36.9 Å². The van der Waals surface area contributed by atoms with Crippen LogP contribution in [0.4, 0.5) is 0 Å². The number of piperidine rings is 1. The largest absolute Gasteiger partial charge is 0.352 e. The van der Waals surface area contributed by atoms with Crippen molar-refractivity contribution in [3.63, 3.8) is 0 Å². The minimum Gasteiger partial charge on any atom is -0.352 e. The maximum Gasteiger partial charge on any atom is 0.224 e. The first kappa shape index (κ1) is 18.0. The molecule has 1 fully saturated rings. The molecule has 1 heterocycles. The van der Waals surface area contributed by atoms with E-state index in [0.29, 0.717) is 19.1 Å². The van der Waals surface area contributed by atoms with Crippen LogP contribution in [0.15, 0.2) is 24.3 Å². The first-order valence-corrected chi connectivity index (χ1v) is 8.85. The predicted molar refractivity (Wildman–Crippen MR) is 95.1 cm³/mol. The summed E-state index contributed by atoms with van der Waals surface area (Å²) in [5.41, 5.74) is 2.57. The van der Waals surface area contributed by atoms with Crippen molar-refractivity contribution in [2.75, 3.05) is 20.1 Å². The average molecular weight is 317 g/mol. The molecule has 2 rings (SSSR count). The Balaban J connectivity index is 1.96. The third-order valence-electron chi connectivity index (χ3n) is 4.84. The van der Waals surface area contributed by atoms with Gasteiger partial charge in [0.15, 0.2) is 0 Å². The number of rotatable bonds is 7. The van der Waals surface area contributed by atoms with Crippen LogP contribution < -0.4 is 10.6 Å². The van der Waals surface area contributed by atoms with Gasteiger partial charge < -0.3 is 10.6 Å². The maximum atomic E-state index is 12.1. The molecule has 128 valence electrons. The van der Waals surface area contributed by atoms with Gasteiger partial charge in [0, 0.05) is 31.6 Å². The lowest BCUT2D eigenvalue weighted by Crippen LogP contribution is -2.37. The van der Waals surface area contributed by atoms with Crippen molar-refractivity contribution < 1.29 is 4.79 Å². The molecule has 1 aromatic carbocycles. The van der Waals surface area contributed by atoms with Gasteiger partial charge in [-0.2, -0.15) is 0 Å². The van der Waals surface area contributed by atoms with Gasteiger partial charge in [-0.15, -0.1) is 0 Å². The summed E-state index contributed by atoms with van der Waals surface area (Å²) in [6, 6.07) is 9.13. The molecule has 1 saturated heterocycles. The van der Waals surface area contributed by atoms with Gasteiger partial charge in [-0.3, -0.25) is 9.69 Å². The number of carbonyl (C=O) groups is 1. The summed E-state index contributed by atoms with van der Waals surface area (Å²) in [7, 11) is 1.87. The van der Waals surface area contributed by atoms with Gasteiger partial charge in [0.1, 0.15) is 0 Å². The number of hydrogen-bond acceptors (Lipinski definition) is 3. The van der Waals surface area contributed by atoms with Gasteiger partial charge in [0.25, 0.3) is 0 Å². The second kappa shape index (κ2) is 9.04. The van der Waals surface area contributed by atoms with Crippen molar-refractivity contribution in [1.29, 1.82) is 0 Å². The fraction of sp³-hybridized carbons (Fsp3) is 0.632. The third kappa shape index (κ3) is 5.33. The molecule has 4 nitrogen and oxygen atoms in total. The smallest absolute Gasteiger partial charge is 0.224 e. The van der Waals surface area contributed by atoms with Crippen LogP contribution in [0.3, 0.4) is 0 Å². The molecule has 4 heteroatoms. The van der Waals surface area contributed by atoms with Gasteiger partial charge in [-0.25, -0.2) is 0 Å². The molecule has 0 saturated carbocycles. The van der Waals surface area contributed by atoms with Crippen LogP contribution in [-0.2, 0) is 17.9 Å². The molecule has 0 aromatic heterocycles. The Morgan fingerprint density at radius 1 is 1.30 bits per heavy atom. The van der Waals surface area contributed by atoms with Crippen molar-refractivity contribution in [2.45, 2.75) is 52.2 Å². The van der Waals surface area contributed by atoms with Crippen molar-refractivity contribution in [3.05, 3.63) is 35.4 Å². The predicted octanol–water partition coefficient (Wildman–Crippen LogP) is 2.53. The Kier molecular flexibility index (Phi) is 7.06. The Hall–Kier alpha value is -1.39. The van der Waals surface area contributed by atoms with E-state index in [0.717, 1.165) is 6.54 Å². The second-order valence-corrected chi connectivity index (χ2v) is 6.76. The average Bonchev–Trinajstić information content (AvgIpc) is 2.56. The highest BCUT2D eigenvalue weighted by molar-refractivity contribution is 5.78. The second-order valence-electron chi connectivity index (χ2n) is 6.76. The summed E-state index contributed by atoms with van der Waals surface area (Å²) in [5, 5.41) is 6.12. The zero-order chi connectivity index (χ0) is 16.7. The molecule has 1 aromatic rings. The number of nitrogens with zero attached hydrogens (tertiary/aromatic N) is 1. The zero-order valence-electron chi connectivity index (χ0n) is 14.8. The summed E-state index contributed by atoms with van der Waals surface area (Å²) >= 11 is 0. The van der Waals surface area contributed by atoms with E-state index in [1.807, 2.05) is 14.0 Å². The molecule has 0 aliphatic carbocycles. The van der Waals surface area contributed by atoms with Crippen molar-refractivity contribution in [3.8, 4) is 0 Å². The topological polar surface area (TPSA) is 44.4 Å². The van der Waals surface area contributed by atoms with E-state index >= 15 is 0 Å². The molecule has 1 aliphatic heterocycles. The van der Waals surface area contributed by atoms with Crippen LogP contribution in [0.5, 0.6) is 0 Å². The summed E-state index contributed by atoms with van der Waals surface area (Å²) in [5.74, 6) is 0.106. The van der Waals surface area contributed by atoms with Crippen LogP contribution in [0.25, 0.3) is 0 Å². The van der Waals surface area contributed by atoms with E-state index in [1.54, 1.807) is 0 Å². The van der Waals surface area contributed by atoms with Gasteiger partial charge in [-0.05, 0) is 44.5 Å². The lowest BCUT2D eigenvalue weighted by Gasteiger charge is -2.33. The number of likely N-dealkylation sites (tertiary alicyclic amines) is 1. The summed E-state index contributed by atoms with van der Waals surface area (Å²) in [6.45, 7) is 7.76. The molecular formula is C19H31N3O. The number of benzene rings is 1. The molecule has 2 N–H and O–H groups in total. The van der Waals surface area contributed by atoms with Gasteiger partial charge in [0.05, 0.1) is 0 Å². The highest BCUT2D eigenvalue weighted by Gasteiger charge is 2.19. The molecule has 0 bridgehead atoms. The number of amides is 1. The van der Waals surface area contributed by atoms with Crippen LogP contribution >= 0.6 is 0 Å². The lowest BCUT2D eigenvalue weighted by atomic mass is 10.0. The van der Waals surface area contributed by atoms with Gasteiger partial charge in [0.2, 0.25) is 5.91 Å². The van der Waals surface area contributed by atoms with E-state index in [-0.39, 0.29) is 11.8 Å². The normalized spacial score (nSPS) is 20.2. The standard InChI is InChI=1S/C19H31N3O/c1-15(12-20-3)19(23)21-13-17-9-4-5-10-18(17)14-22-11-7-6-8-16(22)2/h4-5,9-10,15-16,20H,6-8,11-14H2,1-3H3,(H,21,23). The maximum absolute atomic E-state index is 12.1. The van der Waals surface area contributed by atoms with Gasteiger partial charge in [-0.1, -0.05) is 37.6 Å². The minimum atomic E-state index is -0.00530. The lowest BCUT2D eigenvalue weighted by molar-refractivity contribution is -0.124. The van der Waals surface area contributed by atoms with Crippen molar-refractivity contribution >= 4 is 5.91 Å². The Labute approximate surface area is 140 Å². The van der Waals surface area contributed by atoms with E-state index in [4.69, 9.17) is 0 Å². The van der Waals surface area contributed by atoms with E-state index < -0.39 is 0 Å². The van der Waals surface area contributed by atoms with Crippen LogP contribution in [0, 0.1) is 5.92 Å². The molecule has 1 amide bonds. The zero-order valence-corrected chi connectivity index (χ0v) is 14.8. The monoisotopic (exact) mass is 317 g/mol. The number of hydrogen-bond donors (Lipinski definition) is 2. The highest BCUT2D eigenvalue weighted by Crippen LogP contribution is 2.20. The van der Waals surface area contributed by atoms with Crippen LogP contribution in [0.1, 0.15) is 44.2 Å². The first-order chi connectivity index (χ1) is 11.1. The van der Waals surface area contributed by atoms with Crippen molar-refractivity contribution in [1.82, 2.24) is 15.5 Å². The number of carbonyl (C=O) groups excluding carboxylic acids is 1. The molecule has 23 heavy (non-hydrogen) atoms. The Morgan fingerprint density at radius 2 is 2.04 bits per heavy atom. The first-order valence-electron chi connectivity index (χ1n) is 8.85. The van der Waals surface area contributed by atoms with Gasteiger partial charge >= 0.3 is 0 Å². The van der Waals surface area contributed by atoms with Crippen molar-refractivity contribution in [2.24, 2.45) is 5.92 Å². The minimum absolute atomic E-state index is 0.00530. The molecule has 2 unspecified atom stereocenters. The Bertz CT molecular complexity index is 503. The molecule has 0 spiro atoms. The molecule has 1 aliphatic rings. The molecule has 0 radical (unpaired) electrons. The summed E-state index contributed by atoms with van der Waals surface area (Å²) < 4.78 is 0. The fourth-order valence-corrected chi connectivity index (χ4v) is 3.25. The fourth-order valence-electron chi connectivity index (χ4n) is 3.25. The molecular weight excluding hydrogens is 286 g/mol. The van der Waals surface area contributed by atoms with E-state index in [9.17, 15) is 4.79 Å². The summed E-state index contributed by atoms with van der Waals surface area (Å²) in [4.78, 5) is 14.7. The summed E-state index contributed by atoms with van der Waals surface area (Å²) in [6.07, 6.45) is 3.93. The SMILES string of the molecule is CNCC(C)C(=O)NCc1ccccc1CN1CCCCC1C. The highest BCUT2D eigenvalue weighted by atomic mass is 16.1. The third-order valence-corrected chi connectivity index (χ3v) is 4.84. The Morgan fingerprint density at radius 3 is 2.74 bits per heavy atom.